The predicted molar refractivity (Wildman–Crippen MR) is 73.8 cm³/mol. The summed E-state index contributed by atoms with van der Waals surface area (Å²) in [5.41, 5.74) is 2.45. The molecule has 0 saturated carbocycles. The number of rotatable bonds is 2. The summed E-state index contributed by atoms with van der Waals surface area (Å²) in [5.74, 6) is -0.972. The van der Waals surface area contributed by atoms with Crippen molar-refractivity contribution < 1.29 is 9.18 Å². The lowest BCUT2D eigenvalue weighted by Crippen LogP contribution is -2.31. The molecule has 20 heavy (non-hydrogen) atoms. The van der Waals surface area contributed by atoms with Gasteiger partial charge in [-0.05, 0) is 36.5 Å². The molecule has 1 unspecified atom stereocenters. The Morgan fingerprint density at radius 3 is 3.00 bits per heavy atom. The number of nitrogens with zero attached hydrogens (tertiary/aromatic N) is 1. The Kier molecular flexibility index (Phi) is 3.46. The van der Waals surface area contributed by atoms with Crippen molar-refractivity contribution in [3.63, 3.8) is 0 Å². The largest absolute Gasteiger partial charge is 0.345 e. The number of nitrogens with one attached hydrogen (secondary N) is 1. The third-order valence-corrected chi connectivity index (χ3v) is 3.69. The van der Waals surface area contributed by atoms with Gasteiger partial charge in [-0.15, -0.1) is 0 Å². The van der Waals surface area contributed by atoms with Crippen LogP contribution in [0.5, 0.6) is 0 Å². The number of amides is 1. The van der Waals surface area contributed by atoms with Crippen LogP contribution in [-0.2, 0) is 6.42 Å². The molecule has 1 heterocycles. The molecule has 3 rings (SSSR count). The lowest BCUT2D eigenvalue weighted by molar-refractivity contribution is 0.0928. The number of fused-ring (bicyclic) bond motifs is 1. The van der Waals surface area contributed by atoms with Crippen LogP contribution in [0.25, 0.3) is 0 Å². The maximum Gasteiger partial charge on any atom is 0.254 e. The first-order valence-electron chi connectivity index (χ1n) is 6.74. The van der Waals surface area contributed by atoms with E-state index in [0.717, 1.165) is 31.0 Å². The smallest absolute Gasteiger partial charge is 0.254 e. The monoisotopic (exact) mass is 270 g/mol. The molecule has 0 saturated heterocycles. The summed E-state index contributed by atoms with van der Waals surface area (Å²) in [5, 5.41) is 2.93. The summed E-state index contributed by atoms with van der Waals surface area (Å²) >= 11 is 0. The second-order valence-corrected chi connectivity index (χ2v) is 4.97. The SMILES string of the molecule is O=C(NC1CCCc2ccccc21)c1ccncc1F. The van der Waals surface area contributed by atoms with Gasteiger partial charge >= 0.3 is 0 Å². The number of benzene rings is 1. The fraction of sp³-hybridized carbons (Fsp3) is 0.250. The number of pyridine rings is 1. The van der Waals surface area contributed by atoms with Crippen LogP contribution >= 0.6 is 0 Å². The van der Waals surface area contributed by atoms with Gasteiger partial charge in [0.1, 0.15) is 0 Å². The highest BCUT2D eigenvalue weighted by Gasteiger charge is 2.22. The van der Waals surface area contributed by atoms with Gasteiger partial charge in [0.2, 0.25) is 0 Å². The molecule has 1 aliphatic carbocycles. The maximum absolute atomic E-state index is 13.6. The second kappa shape index (κ2) is 5.41. The number of aryl methyl sites for hydroxylation is 1. The Morgan fingerprint density at radius 1 is 1.30 bits per heavy atom. The Morgan fingerprint density at radius 2 is 2.15 bits per heavy atom. The molecule has 1 aromatic carbocycles. The minimum Gasteiger partial charge on any atom is -0.345 e. The number of hydrogen-bond donors (Lipinski definition) is 1. The summed E-state index contributed by atoms with van der Waals surface area (Å²) in [4.78, 5) is 15.8. The molecule has 1 aliphatic rings. The number of halogens is 1. The molecule has 1 atom stereocenters. The van der Waals surface area contributed by atoms with Crippen molar-refractivity contribution >= 4 is 5.91 Å². The molecule has 2 aromatic rings. The normalized spacial score (nSPS) is 17.4. The minimum absolute atomic E-state index is 0.0417. The molecule has 0 spiro atoms. The lowest BCUT2D eigenvalue weighted by atomic mass is 9.87. The maximum atomic E-state index is 13.6. The van der Waals surface area contributed by atoms with Gasteiger partial charge in [0, 0.05) is 6.20 Å². The fourth-order valence-electron chi connectivity index (χ4n) is 2.70. The first kappa shape index (κ1) is 12.8. The van der Waals surface area contributed by atoms with Crippen molar-refractivity contribution in [1.82, 2.24) is 10.3 Å². The molecular weight excluding hydrogens is 255 g/mol. The molecular formula is C16H15FN2O. The molecule has 0 radical (unpaired) electrons. The van der Waals surface area contributed by atoms with Crippen molar-refractivity contribution in [2.75, 3.05) is 0 Å². The zero-order valence-electron chi connectivity index (χ0n) is 11.0. The van der Waals surface area contributed by atoms with E-state index in [9.17, 15) is 9.18 Å². The Hall–Kier alpha value is -2.23. The minimum atomic E-state index is -0.589. The van der Waals surface area contributed by atoms with Crippen LogP contribution < -0.4 is 5.32 Å². The predicted octanol–water partition coefficient (Wildman–Crippen LogP) is 3.03. The molecule has 0 bridgehead atoms. The van der Waals surface area contributed by atoms with Crippen molar-refractivity contribution in [2.45, 2.75) is 25.3 Å². The highest BCUT2D eigenvalue weighted by molar-refractivity contribution is 5.94. The number of aromatic nitrogens is 1. The first-order valence-corrected chi connectivity index (χ1v) is 6.74. The van der Waals surface area contributed by atoms with Gasteiger partial charge in [0.25, 0.3) is 5.91 Å². The van der Waals surface area contributed by atoms with E-state index < -0.39 is 5.82 Å². The molecule has 102 valence electrons. The van der Waals surface area contributed by atoms with Gasteiger partial charge < -0.3 is 5.32 Å². The quantitative estimate of drug-likeness (QED) is 0.911. The topological polar surface area (TPSA) is 42.0 Å². The summed E-state index contributed by atoms with van der Waals surface area (Å²) < 4.78 is 13.6. The Bertz CT molecular complexity index is 642. The highest BCUT2D eigenvalue weighted by Crippen LogP contribution is 2.29. The summed E-state index contributed by atoms with van der Waals surface area (Å²) in [6.45, 7) is 0. The van der Waals surface area contributed by atoms with Gasteiger partial charge in [-0.25, -0.2) is 4.39 Å². The standard InChI is InChI=1S/C16H15FN2O/c17-14-10-18-9-8-13(14)16(20)19-15-7-3-5-11-4-1-2-6-12(11)15/h1-2,4,6,8-10,15H,3,5,7H2,(H,19,20). The van der Waals surface area contributed by atoms with Gasteiger partial charge in [-0.2, -0.15) is 0 Å². The highest BCUT2D eigenvalue weighted by atomic mass is 19.1. The van der Waals surface area contributed by atoms with Crippen LogP contribution in [0.2, 0.25) is 0 Å². The lowest BCUT2D eigenvalue weighted by Gasteiger charge is -2.26. The average Bonchev–Trinajstić information content (AvgIpc) is 2.48. The van der Waals surface area contributed by atoms with E-state index in [0.29, 0.717) is 0 Å². The van der Waals surface area contributed by atoms with Crippen LogP contribution in [-0.4, -0.2) is 10.9 Å². The van der Waals surface area contributed by atoms with E-state index in [1.165, 1.54) is 17.8 Å². The molecule has 1 N–H and O–H groups in total. The second-order valence-electron chi connectivity index (χ2n) is 4.97. The summed E-state index contributed by atoms with van der Waals surface area (Å²) in [7, 11) is 0. The van der Waals surface area contributed by atoms with Crippen LogP contribution in [0.3, 0.4) is 0 Å². The summed E-state index contributed by atoms with van der Waals surface area (Å²) in [6, 6.07) is 9.45. The third kappa shape index (κ3) is 2.41. The van der Waals surface area contributed by atoms with E-state index in [1.807, 2.05) is 18.2 Å². The van der Waals surface area contributed by atoms with Crippen molar-refractivity contribution in [3.05, 3.63) is 65.2 Å². The van der Waals surface area contributed by atoms with E-state index in [-0.39, 0.29) is 17.5 Å². The fourth-order valence-corrected chi connectivity index (χ4v) is 2.70. The Balaban J connectivity index is 1.83. The summed E-state index contributed by atoms with van der Waals surface area (Å²) in [6.07, 6.45) is 5.43. The van der Waals surface area contributed by atoms with E-state index >= 15 is 0 Å². The van der Waals surface area contributed by atoms with Gasteiger partial charge in [0.15, 0.2) is 5.82 Å². The van der Waals surface area contributed by atoms with Crippen molar-refractivity contribution in [3.8, 4) is 0 Å². The molecule has 0 aliphatic heterocycles. The van der Waals surface area contributed by atoms with Crippen LogP contribution in [0.4, 0.5) is 4.39 Å². The number of carbonyl (C=O) groups is 1. The molecule has 0 fully saturated rings. The number of carbonyl (C=O) groups excluding carboxylic acids is 1. The average molecular weight is 270 g/mol. The van der Waals surface area contributed by atoms with Gasteiger partial charge in [-0.3, -0.25) is 9.78 Å². The van der Waals surface area contributed by atoms with E-state index in [2.05, 4.69) is 16.4 Å². The third-order valence-electron chi connectivity index (χ3n) is 3.69. The van der Waals surface area contributed by atoms with Crippen molar-refractivity contribution in [2.24, 2.45) is 0 Å². The van der Waals surface area contributed by atoms with E-state index in [1.54, 1.807) is 0 Å². The van der Waals surface area contributed by atoms with Gasteiger partial charge in [-0.1, -0.05) is 24.3 Å². The molecule has 1 aromatic heterocycles. The van der Waals surface area contributed by atoms with Crippen LogP contribution in [0, 0.1) is 5.82 Å². The molecule has 4 heteroatoms. The molecule has 1 amide bonds. The van der Waals surface area contributed by atoms with Gasteiger partial charge in [0.05, 0.1) is 17.8 Å². The van der Waals surface area contributed by atoms with E-state index in [4.69, 9.17) is 0 Å². The molecule has 3 nitrogen and oxygen atoms in total. The number of hydrogen-bond acceptors (Lipinski definition) is 2. The zero-order chi connectivity index (χ0) is 13.9. The van der Waals surface area contributed by atoms with Crippen LogP contribution in [0.1, 0.15) is 40.4 Å². The zero-order valence-corrected chi connectivity index (χ0v) is 11.0. The van der Waals surface area contributed by atoms with Crippen molar-refractivity contribution in [1.29, 1.82) is 0 Å². The Labute approximate surface area is 116 Å². The first-order chi connectivity index (χ1) is 9.75. The van der Waals surface area contributed by atoms with Crippen LogP contribution in [0.15, 0.2) is 42.7 Å².